The smallest absolute Gasteiger partial charge is 0.193 e. The van der Waals surface area contributed by atoms with Gasteiger partial charge in [0.05, 0.1) is 12.7 Å². The monoisotopic (exact) mass is 544 g/mol. The van der Waals surface area contributed by atoms with E-state index in [0.29, 0.717) is 11.8 Å². The molecule has 5 heteroatoms. The average Bonchev–Trinajstić information content (AvgIpc) is 3.26. The molecule has 2 aliphatic rings. The maximum atomic E-state index is 9.50. The summed E-state index contributed by atoms with van der Waals surface area (Å²) in [4.78, 5) is 0. The molecule has 0 radical (unpaired) electrons. The maximum Gasteiger partial charge on any atom is 0.193 e. The van der Waals surface area contributed by atoms with Crippen molar-refractivity contribution in [2.45, 2.75) is 136 Å². The van der Waals surface area contributed by atoms with Crippen LogP contribution in [0.3, 0.4) is 0 Å². The van der Waals surface area contributed by atoms with E-state index in [-0.39, 0.29) is 40.7 Å². The molecule has 3 nitrogen and oxygen atoms in total. The largest absolute Gasteiger partial charge is 0.413 e. The fourth-order valence-corrected chi connectivity index (χ4v) is 7.67. The minimum Gasteiger partial charge on any atom is -0.413 e. The summed E-state index contributed by atoms with van der Waals surface area (Å²) in [6, 6.07) is 0. The van der Waals surface area contributed by atoms with Crippen molar-refractivity contribution < 1.29 is 14.0 Å². The lowest BCUT2D eigenvalue weighted by Crippen LogP contribution is -2.45. The number of hydrogen-bond acceptors (Lipinski definition) is 3. The molecule has 0 amide bonds. The van der Waals surface area contributed by atoms with E-state index in [2.05, 4.69) is 105 Å². The SMILES string of the molecule is CCC#CC[C@H](C)[C@@H](C#C[C@H]1[C@H](O[Si](C)(C)C(C)(C)C)CC2C/C(=C\CO)C[C@@H]21)O[Si](C)(C)C(C)(C)C. The number of aliphatic hydroxyl groups is 1. The average molecular weight is 545 g/mol. The Morgan fingerprint density at radius 3 is 2.16 bits per heavy atom. The standard InChI is InChI=1S/C32H56O3Si2/c1-13-14-15-16-24(2)29(34-36(9,10)31(3,4)5)18-17-27-28-22-25(19-20-33)21-26(28)23-30(27)35-37(11,12)32(6,7)8/h19,24,26-30,33H,13,16,20-23H2,1-12H3/b25-19+/t24-,26?,27+,28-,29+,30+/m0/s1. The maximum absolute atomic E-state index is 9.50. The van der Waals surface area contributed by atoms with Gasteiger partial charge in [-0.1, -0.05) is 78.9 Å². The molecule has 0 spiro atoms. The number of aliphatic hydroxyl groups excluding tert-OH is 1. The molecule has 2 saturated carbocycles. The van der Waals surface area contributed by atoms with Crippen LogP contribution in [-0.4, -0.2) is 40.6 Å². The summed E-state index contributed by atoms with van der Waals surface area (Å²) < 4.78 is 14.0. The van der Waals surface area contributed by atoms with Crippen LogP contribution in [0.4, 0.5) is 0 Å². The fraction of sp³-hybridized carbons (Fsp3) is 0.812. The van der Waals surface area contributed by atoms with Crippen molar-refractivity contribution in [2.24, 2.45) is 23.7 Å². The minimum atomic E-state index is -2.00. The molecule has 1 N–H and O–H groups in total. The third kappa shape index (κ3) is 8.33. The lowest BCUT2D eigenvalue weighted by atomic mass is 9.91. The number of allylic oxidation sites excluding steroid dienone is 1. The molecular formula is C32H56O3Si2. The highest BCUT2D eigenvalue weighted by molar-refractivity contribution is 6.74. The quantitative estimate of drug-likeness (QED) is 0.199. The molecule has 0 aromatic carbocycles. The lowest BCUT2D eigenvalue weighted by Gasteiger charge is -2.40. The second-order valence-corrected chi connectivity index (χ2v) is 24.0. The van der Waals surface area contributed by atoms with Gasteiger partial charge >= 0.3 is 0 Å². The Kier molecular flexibility index (Phi) is 11.0. The summed E-state index contributed by atoms with van der Waals surface area (Å²) in [6.07, 6.45) is 6.96. The van der Waals surface area contributed by atoms with Crippen LogP contribution in [0.5, 0.6) is 0 Å². The van der Waals surface area contributed by atoms with E-state index in [1.54, 1.807) is 0 Å². The van der Waals surface area contributed by atoms with Gasteiger partial charge in [-0.05, 0) is 67.4 Å². The van der Waals surface area contributed by atoms with Crippen molar-refractivity contribution in [2.75, 3.05) is 6.61 Å². The summed E-state index contributed by atoms with van der Waals surface area (Å²) in [5.74, 6) is 15.6. The molecular weight excluding hydrogens is 489 g/mol. The van der Waals surface area contributed by atoms with E-state index >= 15 is 0 Å². The summed E-state index contributed by atoms with van der Waals surface area (Å²) in [5, 5.41) is 9.80. The van der Waals surface area contributed by atoms with Gasteiger partial charge in [0.2, 0.25) is 0 Å². The van der Waals surface area contributed by atoms with Crippen LogP contribution >= 0.6 is 0 Å². The van der Waals surface area contributed by atoms with Gasteiger partial charge in [0, 0.05) is 24.7 Å². The van der Waals surface area contributed by atoms with E-state index in [0.717, 1.165) is 32.1 Å². The van der Waals surface area contributed by atoms with E-state index in [1.807, 2.05) is 6.08 Å². The van der Waals surface area contributed by atoms with Gasteiger partial charge in [0.1, 0.15) is 6.10 Å². The summed E-state index contributed by atoms with van der Waals surface area (Å²) in [7, 11) is -3.92. The molecule has 0 heterocycles. The van der Waals surface area contributed by atoms with E-state index < -0.39 is 16.6 Å². The van der Waals surface area contributed by atoms with E-state index in [4.69, 9.17) is 8.85 Å². The van der Waals surface area contributed by atoms with Crippen LogP contribution in [0.2, 0.25) is 36.3 Å². The molecule has 0 aromatic heterocycles. The molecule has 0 saturated heterocycles. The van der Waals surface area contributed by atoms with E-state index in [9.17, 15) is 5.11 Å². The fourth-order valence-electron chi connectivity index (χ4n) is 5.04. The van der Waals surface area contributed by atoms with Gasteiger partial charge in [0.15, 0.2) is 16.6 Å². The molecule has 2 aliphatic carbocycles. The molecule has 6 atom stereocenters. The Bertz CT molecular complexity index is 914. The van der Waals surface area contributed by atoms with Crippen LogP contribution in [-0.2, 0) is 8.85 Å². The van der Waals surface area contributed by atoms with Gasteiger partial charge < -0.3 is 14.0 Å². The molecule has 0 bridgehead atoms. The van der Waals surface area contributed by atoms with Gasteiger partial charge in [0.25, 0.3) is 0 Å². The molecule has 1 unspecified atom stereocenters. The Morgan fingerprint density at radius 1 is 1.00 bits per heavy atom. The Morgan fingerprint density at radius 2 is 1.62 bits per heavy atom. The van der Waals surface area contributed by atoms with Crippen LogP contribution in [0, 0.1) is 47.4 Å². The Hall–Kier alpha value is -0.826. The van der Waals surface area contributed by atoms with Gasteiger partial charge in [-0.25, -0.2) is 0 Å². The highest BCUT2D eigenvalue weighted by Crippen LogP contribution is 2.52. The summed E-state index contributed by atoms with van der Waals surface area (Å²) >= 11 is 0. The zero-order valence-electron chi connectivity index (χ0n) is 26.0. The minimum absolute atomic E-state index is 0.117. The van der Waals surface area contributed by atoms with Crippen molar-refractivity contribution in [3.05, 3.63) is 11.6 Å². The summed E-state index contributed by atoms with van der Waals surface area (Å²) in [6.45, 7) is 27.7. The normalized spacial score (nSPS) is 27.2. The molecule has 210 valence electrons. The third-order valence-corrected chi connectivity index (χ3v) is 18.5. The Labute approximate surface area is 231 Å². The van der Waals surface area contributed by atoms with E-state index in [1.165, 1.54) is 5.57 Å². The lowest BCUT2D eigenvalue weighted by molar-refractivity contribution is 0.150. The van der Waals surface area contributed by atoms with Crippen molar-refractivity contribution in [1.82, 2.24) is 0 Å². The molecule has 37 heavy (non-hydrogen) atoms. The first-order valence-electron chi connectivity index (χ1n) is 14.5. The van der Waals surface area contributed by atoms with Crippen molar-refractivity contribution in [1.29, 1.82) is 0 Å². The van der Waals surface area contributed by atoms with Crippen molar-refractivity contribution in [3.63, 3.8) is 0 Å². The number of fused-ring (bicyclic) bond motifs is 1. The first-order valence-corrected chi connectivity index (χ1v) is 20.4. The number of hydrogen-bond donors (Lipinski definition) is 1. The number of rotatable bonds is 7. The summed E-state index contributed by atoms with van der Waals surface area (Å²) in [5.41, 5.74) is 1.40. The molecule has 0 aliphatic heterocycles. The predicted octanol–water partition coefficient (Wildman–Crippen LogP) is 8.18. The Balaban J connectivity index is 2.43. The van der Waals surface area contributed by atoms with Crippen molar-refractivity contribution >= 4 is 16.6 Å². The first kappa shape index (κ1) is 32.4. The van der Waals surface area contributed by atoms with Crippen molar-refractivity contribution in [3.8, 4) is 23.7 Å². The zero-order valence-corrected chi connectivity index (χ0v) is 28.0. The van der Waals surface area contributed by atoms with Gasteiger partial charge in [-0.15, -0.1) is 11.8 Å². The highest BCUT2D eigenvalue weighted by atomic mass is 28.4. The first-order chi connectivity index (χ1) is 16.9. The molecule has 2 rings (SSSR count). The molecule has 2 fully saturated rings. The van der Waals surface area contributed by atoms with Gasteiger partial charge in [-0.3, -0.25) is 0 Å². The van der Waals surface area contributed by atoms with Gasteiger partial charge in [-0.2, -0.15) is 0 Å². The van der Waals surface area contributed by atoms with Crippen LogP contribution in [0.1, 0.15) is 87.5 Å². The zero-order chi connectivity index (χ0) is 28.2. The second-order valence-electron chi connectivity index (χ2n) is 14.5. The second kappa shape index (κ2) is 12.6. The molecule has 0 aromatic rings. The van der Waals surface area contributed by atoms with Crippen LogP contribution < -0.4 is 0 Å². The third-order valence-electron chi connectivity index (χ3n) is 9.52. The topological polar surface area (TPSA) is 38.7 Å². The van der Waals surface area contributed by atoms with Crippen LogP contribution in [0.25, 0.3) is 0 Å². The highest BCUT2D eigenvalue weighted by Gasteiger charge is 2.50. The predicted molar refractivity (Wildman–Crippen MR) is 163 cm³/mol. The van der Waals surface area contributed by atoms with Crippen LogP contribution in [0.15, 0.2) is 11.6 Å².